The normalized spacial score (nSPS) is 13.3. The molecule has 696 valence electrons. The Balaban J connectivity index is 0.000000107. The van der Waals surface area contributed by atoms with Gasteiger partial charge in [-0.3, -0.25) is 0 Å². The summed E-state index contributed by atoms with van der Waals surface area (Å²) in [5, 5.41) is 21.1. The standard InChI is InChI=1S/C53H37NO.C47H33NO.C41H29NO/c1-53(2)48-14-8-6-12-44(48)45-31-28-42(33-49(45)53)54(40-25-22-37(23-26-40)36-18-16-35(17-19-36)34-10-4-3-5-11-34)41-27-30-43-39(32-41)21-20-38-24-29-47-46-13-7-9-15-50(46)55-52(47)51(38)43;1-47(2)42-14-8-6-12-38(42)39-27-24-36(29-43(39)47)48(34-21-18-31(19-22-34)30-10-4-3-5-11-30)35-23-26-37-33(28-35)17-16-32-20-25-41-40-13-7-9-15-44(40)49-46(41)45(32)37;1-41(2)36-14-8-6-12-32(36)33-23-20-30(25-37(33)41)42(28-10-4-3-5-11-28)29-19-22-31-27(24-29)17-16-26-18-21-35-34-13-7-9-15-38(34)43-40(35)39(26)31/h3-33H,1-2H3;3-29H,1-2H3;3-25H,1-2H3. The van der Waals surface area contributed by atoms with Gasteiger partial charge in [-0.15, -0.1) is 0 Å². The SMILES string of the molecule is CC1(C)c2ccccc2-c2ccc(N(c3ccc(-c4ccc(-c5ccccc5)cc4)cc3)c3ccc4c(ccc5ccc6c7ccccc7oc6c54)c3)cc21.CC1(C)c2ccccc2-c2ccc(N(c3ccc(-c4ccccc4)cc3)c3ccc4c(ccc5ccc6c7ccccc7oc6c54)c3)cc21.CC1(C)c2ccccc2-c2ccc(N(c3ccccc3)c3ccc4c(ccc5ccc6c7ccccc7oc6c54)c3)cc21. The van der Waals surface area contributed by atoms with Crippen molar-refractivity contribution in [3.63, 3.8) is 0 Å². The van der Waals surface area contributed by atoms with Gasteiger partial charge in [0.1, 0.15) is 33.5 Å². The van der Waals surface area contributed by atoms with Crippen LogP contribution in [-0.4, -0.2) is 0 Å². The zero-order valence-corrected chi connectivity index (χ0v) is 82.3. The molecular formula is C141H99N3O3. The summed E-state index contributed by atoms with van der Waals surface area (Å²) in [5.41, 5.74) is 39.0. The van der Waals surface area contributed by atoms with Gasteiger partial charge in [-0.05, 0) is 294 Å². The van der Waals surface area contributed by atoms with Crippen LogP contribution in [0.25, 0.3) is 197 Å². The highest BCUT2D eigenvalue weighted by Crippen LogP contribution is 2.57. The Morgan fingerprint density at radius 3 is 0.687 bits per heavy atom. The van der Waals surface area contributed by atoms with E-state index in [-0.39, 0.29) is 16.2 Å². The molecule has 24 aromatic carbocycles. The molecule has 0 saturated heterocycles. The van der Waals surface area contributed by atoms with Gasteiger partial charge in [0, 0.05) is 116 Å². The lowest BCUT2D eigenvalue weighted by molar-refractivity contribution is 0.660. The maximum absolute atomic E-state index is 6.55. The van der Waals surface area contributed by atoms with Crippen molar-refractivity contribution in [2.75, 3.05) is 14.7 Å². The summed E-state index contributed by atoms with van der Waals surface area (Å²) in [6, 6.07) is 178. The van der Waals surface area contributed by atoms with E-state index >= 15 is 0 Å². The van der Waals surface area contributed by atoms with Crippen LogP contribution in [0.2, 0.25) is 0 Å². The number of nitrogens with zero attached hydrogens (tertiary/aromatic N) is 3. The minimum Gasteiger partial charge on any atom is -0.455 e. The van der Waals surface area contributed by atoms with Gasteiger partial charge in [-0.1, -0.05) is 387 Å². The topological polar surface area (TPSA) is 49.1 Å². The molecule has 0 atom stereocenters. The number of anilines is 9. The average Bonchev–Trinajstić information content (AvgIpc) is 1.62. The highest BCUT2D eigenvalue weighted by molar-refractivity contribution is 6.26. The Morgan fingerprint density at radius 2 is 0.367 bits per heavy atom. The lowest BCUT2D eigenvalue weighted by Crippen LogP contribution is -2.16. The lowest BCUT2D eigenvalue weighted by Gasteiger charge is -2.28. The molecule has 0 saturated carbocycles. The first-order valence-electron chi connectivity index (χ1n) is 51.0. The molecule has 6 nitrogen and oxygen atoms in total. The molecule has 30 rings (SSSR count). The minimum atomic E-state index is -0.108. The van der Waals surface area contributed by atoms with Crippen molar-refractivity contribution in [3.05, 3.63) is 525 Å². The molecule has 27 aromatic rings. The Kier molecular flexibility index (Phi) is 20.0. The van der Waals surface area contributed by atoms with Crippen LogP contribution in [0.5, 0.6) is 0 Å². The third-order valence-electron chi connectivity index (χ3n) is 31.9. The summed E-state index contributed by atoms with van der Waals surface area (Å²) in [7, 11) is 0. The fraction of sp³-hybridized carbons (Fsp3) is 0.0638. The van der Waals surface area contributed by atoms with E-state index in [1.165, 1.54) is 154 Å². The van der Waals surface area contributed by atoms with Crippen LogP contribution in [0.3, 0.4) is 0 Å². The molecule has 0 bridgehead atoms. The Morgan fingerprint density at radius 1 is 0.150 bits per heavy atom. The number of fused-ring (bicyclic) bond motifs is 30. The molecule has 0 amide bonds. The van der Waals surface area contributed by atoms with Gasteiger partial charge in [0.25, 0.3) is 0 Å². The molecule has 0 N–H and O–H groups in total. The van der Waals surface area contributed by atoms with E-state index in [1.54, 1.807) is 0 Å². The second-order valence-electron chi connectivity index (χ2n) is 41.3. The molecular weight excluding hydrogens is 1780 g/mol. The van der Waals surface area contributed by atoms with Gasteiger partial charge >= 0.3 is 0 Å². The first-order valence-corrected chi connectivity index (χ1v) is 51.0. The summed E-state index contributed by atoms with van der Waals surface area (Å²) in [4.78, 5) is 7.19. The highest BCUT2D eigenvalue weighted by atomic mass is 16.3. The number of furan rings is 3. The van der Waals surface area contributed by atoms with Crippen molar-refractivity contribution in [1.29, 1.82) is 0 Å². The van der Waals surface area contributed by atoms with Crippen LogP contribution in [0.1, 0.15) is 74.9 Å². The van der Waals surface area contributed by atoms with E-state index in [9.17, 15) is 0 Å². The van der Waals surface area contributed by atoms with Crippen LogP contribution < -0.4 is 14.7 Å². The van der Waals surface area contributed by atoms with Crippen molar-refractivity contribution in [2.24, 2.45) is 0 Å². The smallest absolute Gasteiger partial charge is 0.143 e. The predicted molar refractivity (Wildman–Crippen MR) is 619 cm³/mol. The summed E-state index contributed by atoms with van der Waals surface area (Å²) in [5.74, 6) is 0. The second kappa shape index (κ2) is 33.9. The summed E-state index contributed by atoms with van der Waals surface area (Å²) in [6.45, 7) is 14.1. The molecule has 0 radical (unpaired) electrons. The van der Waals surface area contributed by atoms with Crippen molar-refractivity contribution in [2.45, 2.75) is 57.8 Å². The molecule has 3 aliphatic rings. The number of para-hydroxylation sites is 4. The van der Waals surface area contributed by atoms with Crippen LogP contribution >= 0.6 is 0 Å². The Hall–Kier alpha value is -18.4. The largest absolute Gasteiger partial charge is 0.455 e. The Bertz CT molecular complexity index is 10000. The monoisotopic (exact) mass is 1880 g/mol. The van der Waals surface area contributed by atoms with Crippen LogP contribution in [-0.2, 0) is 16.2 Å². The van der Waals surface area contributed by atoms with Crippen molar-refractivity contribution in [1.82, 2.24) is 0 Å². The van der Waals surface area contributed by atoms with E-state index in [0.29, 0.717) is 0 Å². The van der Waals surface area contributed by atoms with Gasteiger partial charge in [-0.2, -0.15) is 0 Å². The van der Waals surface area contributed by atoms with E-state index in [1.807, 2.05) is 18.2 Å². The zero-order valence-electron chi connectivity index (χ0n) is 82.3. The number of hydrogen-bond donors (Lipinski definition) is 0. The van der Waals surface area contributed by atoms with Gasteiger partial charge in [0.15, 0.2) is 0 Å². The maximum atomic E-state index is 6.55. The molecule has 0 unspecified atom stereocenters. The molecule has 3 heterocycles. The van der Waals surface area contributed by atoms with Crippen molar-refractivity contribution in [3.8, 4) is 66.8 Å². The number of rotatable bonds is 12. The first kappa shape index (κ1) is 86.5. The van der Waals surface area contributed by atoms with Crippen LogP contribution in [0.4, 0.5) is 51.2 Å². The zero-order chi connectivity index (χ0) is 98.1. The molecule has 6 heteroatoms. The van der Waals surface area contributed by atoms with Gasteiger partial charge in [-0.25, -0.2) is 0 Å². The minimum absolute atomic E-state index is 0.0649. The Labute approximate surface area is 852 Å². The van der Waals surface area contributed by atoms with Crippen molar-refractivity contribution >= 4 is 182 Å². The van der Waals surface area contributed by atoms with Crippen LogP contribution in [0.15, 0.2) is 505 Å². The van der Waals surface area contributed by atoms with E-state index < -0.39 is 0 Å². The second-order valence-corrected chi connectivity index (χ2v) is 41.3. The van der Waals surface area contributed by atoms with Crippen molar-refractivity contribution < 1.29 is 13.3 Å². The molecule has 147 heavy (non-hydrogen) atoms. The third kappa shape index (κ3) is 14.1. The van der Waals surface area contributed by atoms with Gasteiger partial charge in [0.05, 0.1) is 0 Å². The summed E-state index contributed by atoms with van der Waals surface area (Å²) < 4.78 is 19.5. The van der Waals surface area contributed by atoms with E-state index in [4.69, 9.17) is 13.3 Å². The van der Waals surface area contributed by atoms with E-state index in [0.717, 1.165) is 128 Å². The fourth-order valence-corrected chi connectivity index (χ4v) is 24.5. The molecule has 0 spiro atoms. The molecule has 0 aliphatic heterocycles. The third-order valence-corrected chi connectivity index (χ3v) is 31.9. The number of benzene rings is 24. The van der Waals surface area contributed by atoms with Gasteiger partial charge < -0.3 is 28.0 Å². The average molecular weight is 1880 g/mol. The lowest BCUT2D eigenvalue weighted by atomic mass is 9.82. The maximum Gasteiger partial charge on any atom is 0.143 e. The summed E-state index contributed by atoms with van der Waals surface area (Å²) in [6.07, 6.45) is 0. The molecule has 3 aliphatic carbocycles. The first-order chi connectivity index (χ1) is 72.1. The number of hydrogen-bond acceptors (Lipinski definition) is 6. The highest BCUT2D eigenvalue weighted by Gasteiger charge is 2.40. The van der Waals surface area contributed by atoms with E-state index in [2.05, 4.69) is 529 Å². The molecule has 0 fully saturated rings. The predicted octanol–water partition coefficient (Wildman–Crippen LogP) is 40.0. The summed E-state index contributed by atoms with van der Waals surface area (Å²) >= 11 is 0. The fourth-order valence-electron chi connectivity index (χ4n) is 24.5. The molecule has 3 aromatic heterocycles. The quantitative estimate of drug-likeness (QED) is 0.114. The van der Waals surface area contributed by atoms with Gasteiger partial charge in [0.2, 0.25) is 0 Å². The van der Waals surface area contributed by atoms with Crippen LogP contribution in [0, 0.1) is 0 Å².